The van der Waals surface area contributed by atoms with E-state index in [1.807, 2.05) is 6.92 Å². The van der Waals surface area contributed by atoms with Crippen molar-refractivity contribution in [1.29, 1.82) is 0 Å². The first-order chi connectivity index (χ1) is 4.68. The number of carboxylic acids is 1. The number of carboxylic acid groups (broad SMARTS) is 1. The molecule has 0 radical (unpaired) electrons. The molecule has 0 spiro atoms. The van der Waals surface area contributed by atoms with E-state index < -0.39 is 5.97 Å². The quantitative estimate of drug-likeness (QED) is 0.692. The van der Waals surface area contributed by atoms with Gasteiger partial charge in [-0.1, -0.05) is 7.43 Å². The Balaban J connectivity index is 0.000001000. The van der Waals surface area contributed by atoms with Gasteiger partial charge in [-0.25, -0.2) is 4.98 Å². The normalized spacial score (nSPS) is 8.82. The third-order valence-corrected chi connectivity index (χ3v) is 1.08. The van der Waals surface area contributed by atoms with Crippen molar-refractivity contribution in [2.45, 2.75) is 20.9 Å². The van der Waals surface area contributed by atoms with Crippen LogP contribution in [0.25, 0.3) is 0 Å². The molecule has 0 saturated carbocycles. The molecule has 1 rings (SSSR count). The van der Waals surface area contributed by atoms with E-state index in [9.17, 15) is 4.79 Å². The first-order valence-corrected chi connectivity index (χ1v) is 2.88. The second-order valence-electron chi connectivity index (χ2n) is 2.08. The van der Waals surface area contributed by atoms with Gasteiger partial charge >= 0.3 is 5.97 Å². The molecule has 1 heterocycles. The number of aliphatic carboxylic acids is 1. The molecule has 0 aliphatic carbocycles. The van der Waals surface area contributed by atoms with Crippen LogP contribution in [-0.2, 0) is 11.3 Å². The summed E-state index contributed by atoms with van der Waals surface area (Å²) in [4.78, 5) is 14.0. The highest BCUT2D eigenvalue weighted by Gasteiger charge is 1.97. The van der Waals surface area contributed by atoms with Gasteiger partial charge in [0.15, 0.2) is 0 Å². The summed E-state index contributed by atoms with van der Waals surface area (Å²) in [5.41, 5.74) is 0.834. The van der Waals surface area contributed by atoms with Crippen LogP contribution in [0.4, 0.5) is 0 Å². The molecule has 1 aromatic rings. The molecule has 1 aromatic heterocycles. The molecule has 62 valence electrons. The molecule has 4 nitrogen and oxygen atoms in total. The number of aryl methyl sites for hydroxylation is 1. The fourth-order valence-electron chi connectivity index (χ4n) is 0.715. The summed E-state index contributed by atoms with van der Waals surface area (Å²) in [5.74, 6) is -0.850. The van der Waals surface area contributed by atoms with E-state index >= 15 is 0 Å². The highest BCUT2D eigenvalue weighted by Crippen LogP contribution is 1.91. The van der Waals surface area contributed by atoms with Crippen molar-refractivity contribution in [3.05, 3.63) is 18.2 Å². The fraction of sp³-hybridized carbons (Fsp3) is 0.429. The lowest BCUT2D eigenvalue weighted by Crippen LogP contribution is -2.06. The van der Waals surface area contributed by atoms with E-state index in [0.717, 1.165) is 5.69 Å². The van der Waals surface area contributed by atoms with E-state index in [1.54, 1.807) is 6.20 Å². The lowest BCUT2D eigenvalue weighted by Gasteiger charge is -1.92. The van der Waals surface area contributed by atoms with E-state index in [0.29, 0.717) is 0 Å². The van der Waals surface area contributed by atoms with Crippen LogP contribution in [0.2, 0.25) is 0 Å². The summed E-state index contributed by atoms with van der Waals surface area (Å²) in [7, 11) is 0. The van der Waals surface area contributed by atoms with Crippen LogP contribution in [0.5, 0.6) is 0 Å². The molecule has 0 aromatic carbocycles. The Morgan fingerprint density at radius 2 is 2.45 bits per heavy atom. The molecule has 1 N–H and O–H groups in total. The van der Waals surface area contributed by atoms with Gasteiger partial charge in [-0.05, 0) is 6.92 Å². The highest BCUT2D eigenvalue weighted by molar-refractivity contribution is 5.66. The van der Waals surface area contributed by atoms with Gasteiger partial charge in [-0.2, -0.15) is 0 Å². The van der Waals surface area contributed by atoms with Crippen LogP contribution < -0.4 is 0 Å². The maximum atomic E-state index is 10.1. The molecule has 0 aliphatic rings. The van der Waals surface area contributed by atoms with Crippen molar-refractivity contribution in [2.75, 3.05) is 0 Å². The molecule has 0 amide bonds. The van der Waals surface area contributed by atoms with Crippen LogP contribution in [0.3, 0.4) is 0 Å². The number of aromatic nitrogens is 2. The number of hydrogen-bond acceptors (Lipinski definition) is 2. The van der Waals surface area contributed by atoms with Gasteiger partial charge in [-0.15, -0.1) is 0 Å². The summed E-state index contributed by atoms with van der Waals surface area (Å²) >= 11 is 0. The minimum Gasteiger partial charge on any atom is -0.480 e. The molecular weight excluding hydrogens is 144 g/mol. The molecule has 0 fully saturated rings. The van der Waals surface area contributed by atoms with Gasteiger partial charge in [0.2, 0.25) is 0 Å². The van der Waals surface area contributed by atoms with Crippen molar-refractivity contribution in [3.63, 3.8) is 0 Å². The molecule has 4 heteroatoms. The van der Waals surface area contributed by atoms with E-state index in [1.165, 1.54) is 10.9 Å². The number of carbonyl (C=O) groups is 1. The zero-order valence-electron chi connectivity index (χ0n) is 5.61. The van der Waals surface area contributed by atoms with Crippen LogP contribution in [0, 0.1) is 6.92 Å². The predicted octanol–water partition coefficient (Wildman–Crippen LogP) is 0.912. The zero-order chi connectivity index (χ0) is 7.56. The number of hydrogen-bond donors (Lipinski definition) is 1. The lowest BCUT2D eigenvalue weighted by atomic mass is 10.5. The minimum absolute atomic E-state index is 0. The Labute approximate surface area is 65.5 Å². The first kappa shape index (κ1) is 9.68. The monoisotopic (exact) mass is 156 g/mol. The van der Waals surface area contributed by atoms with Crippen LogP contribution in [0.1, 0.15) is 13.1 Å². The van der Waals surface area contributed by atoms with Gasteiger partial charge in [0, 0.05) is 6.20 Å². The van der Waals surface area contributed by atoms with Crippen molar-refractivity contribution in [3.8, 4) is 0 Å². The van der Waals surface area contributed by atoms with Gasteiger partial charge in [0.25, 0.3) is 0 Å². The average Bonchev–Trinajstić information content (AvgIpc) is 2.13. The highest BCUT2D eigenvalue weighted by atomic mass is 16.4. The minimum atomic E-state index is -0.850. The van der Waals surface area contributed by atoms with Crippen LogP contribution in [0.15, 0.2) is 12.5 Å². The van der Waals surface area contributed by atoms with Gasteiger partial charge < -0.3 is 9.67 Å². The summed E-state index contributed by atoms with van der Waals surface area (Å²) in [6.07, 6.45) is 3.19. The maximum absolute atomic E-state index is 10.1. The molecule has 0 bridgehead atoms. The van der Waals surface area contributed by atoms with Gasteiger partial charge in [-0.3, -0.25) is 4.79 Å². The maximum Gasteiger partial charge on any atom is 0.323 e. The summed E-state index contributed by atoms with van der Waals surface area (Å²) in [5, 5.41) is 8.33. The van der Waals surface area contributed by atoms with E-state index in [4.69, 9.17) is 5.11 Å². The first-order valence-electron chi connectivity index (χ1n) is 2.88. The van der Waals surface area contributed by atoms with Crippen molar-refractivity contribution in [2.24, 2.45) is 0 Å². The Bertz CT molecular complexity index is 242. The van der Waals surface area contributed by atoms with Crippen molar-refractivity contribution >= 4 is 5.97 Å². The Hall–Kier alpha value is -1.32. The number of nitrogens with zero attached hydrogens (tertiary/aromatic N) is 2. The summed E-state index contributed by atoms with van der Waals surface area (Å²) in [6.45, 7) is 1.80. The second kappa shape index (κ2) is 3.75. The van der Waals surface area contributed by atoms with Crippen LogP contribution >= 0.6 is 0 Å². The predicted molar refractivity (Wildman–Crippen MR) is 41.3 cm³/mol. The smallest absolute Gasteiger partial charge is 0.323 e. The van der Waals surface area contributed by atoms with Gasteiger partial charge in [0.1, 0.15) is 6.54 Å². The molecule has 11 heavy (non-hydrogen) atoms. The largest absolute Gasteiger partial charge is 0.480 e. The Morgan fingerprint density at radius 1 is 1.82 bits per heavy atom. The third kappa shape index (κ3) is 2.84. The van der Waals surface area contributed by atoms with E-state index in [2.05, 4.69) is 4.98 Å². The molecule has 0 aliphatic heterocycles. The third-order valence-electron chi connectivity index (χ3n) is 1.08. The summed E-state index contributed by atoms with van der Waals surface area (Å²) < 4.78 is 1.53. The number of imidazole rings is 1. The summed E-state index contributed by atoms with van der Waals surface area (Å²) in [6, 6.07) is 0. The average molecular weight is 156 g/mol. The Kier molecular flexibility index (Phi) is 3.30. The fourth-order valence-corrected chi connectivity index (χ4v) is 0.715. The SMILES string of the molecule is C.Cc1cn(CC(=O)O)cn1. The zero-order valence-corrected chi connectivity index (χ0v) is 5.61. The van der Waals surface area contributed by atoms with Gasteiger partial charge in [0.05, 0.1) is 12.0 Å². The molecule has 0 unspecified atom stereocenters. The van der Waals surface area contributed by atoms with Crippen molar-refractivity contribution < 1.29 is 9.90 Å². The second-order valence-corrected chi connectivity index (χ2v) is 2.08. The standard InChI is InChI=1S/C6H8N2O2.CH4/c1-5-2-8(4-7-5)3-6(9)10;/h2,4H,3H2,1H3,(H,9,10);1H4. The lowest BCUT2D eigenvalue weighted by molar-refractivity contribution is -0.137. The van der Waals surface area contributed by atoms with Crippen molar-refractivity contribution in [1.82, 2.24) is 9.55 Å². The molecular formula is C7H12N2O2. The topological polar surface area (TPSA) is 55.1 Å². The number of rotatable bonds is 2. The van der Waals surface area contributed by atoms with E-state index in [-0.39, 0.29) is 14.0 Å². The molecule has 0 saturated heterocycles. The molecule has 0 atom stereocenters. The Morgan fingerprint density at radius 3 is 2.82 bits per heavy atom. The van der Waals surface area contributed by atoms with Crippen LogP contribution in [-0.4, -0.2) is 20.6 Å².